The normalized spacial score (nSPS) is 25.0. The van der Waals surface area contributed by atoms with E-state index in [1.165, 1.54) is 18.0 Å². The van der Waals surface area contributed by atoms with E-state index in [2.05, 4.69) is 23.2 Å². The summed E-state index contributed by atoms with van der Waals surface area (Å²) in [5.41, 5.74) is 0. The van der Waals surface area contributed by atoms with Crippen LogP contribution < -0.4 is 0 Å². The average Bonchev–Trinajstić information content (AvgIpc) is 2.63. The third-order valence-corrected chi connectivity index (χ3v) is 4.58. The van der Waals surface area contributed by atoms with E-state index in [1.807, 2.05) is 11.8 Å². The number of aryl methyl sites for hydroxylation is 1. The summed E-state index contributed by atoms with van der Waals surface area (Å²) in [6.07, 6.45) is 3.41. The van der Waals surface area contributed by atoms with Gasteiger partial charge in [0.15, 0.2) is 0 Å². The number of carbonyl (C=O) groups is 1. The van der Waals surface area contributed by atoms with Crippen molar-refractivity contribution in [3.63, 3.8) is 0 Å². The van der Waals surface area contributed by atoms with Crippen LogP contribution in [0.5, 0.6) is 0 Å². The standard InChI is InChI=1S/C11H17N3OS2/c1-7-5-4-6-8(2)14(7)11(15)16-10-12-9(3)17-13-10/h7-8H,4-6H2,1-3H3. The van der Waals surface area contributed by atoms with Crippen molar-refractivity contribution in [1.82, 2.24) is 14.3 Å². The number of rotatable bonds is 1. The molecule has 0 N–H and O–H groups in total. The number of hydrogen-bond acceptors (Lipinski definition) is 5. The van der Waals surface area contributed by atoms with E-state index in [0.717, 1.165) is 29.6 Å². The van der Waals surface area contributed by atoms with Crippen LogP contribution in [0.1, 0.15) is 38.1 Å². The van der Waals surface area contributed by atoms with Gasteiger partial charge in [-0.25, -0.2) is 4.98 Å². The van der Waals surface area contributed by atoms with Crippen molar-refractivity contribution in [2.45, 2.75) is 57.3 Å². The molecule has 0 spiro atoms. The molecule has 1 aromatic rings. The Hall–Kier alpha value is -0.620. The van der Waals surface area contributed by atoms with Crippen molar-refractivity contribution in [1.29, 1.82) is 0 Å². The molecule has 17 heavy (non-hydrogen) atoms. The van der Waals surface area contributed by atoms with Gasteiger partial charge in [-0.05, 0) is 51.6 Å². The zero-order chi connectivity index (χ0) is 12.4. The van der Waals surface area contributed by atoms with Crippen LogP contribution in [0.15, 0.2) is 5.16 Å². The number of piperidine rings is 1. The quantitative estimate of drug-likeness (QED) is 0.735. The Kier molecular flexibility index (Phi) is 4.04. The minimum absolute atomic E-state index is 0.0856. The fourth-order valence-electron chi connectivity index (χ4n) is 2.23. The van der Waals surface area contributed by atoms with Gasteiger partial charge in [0.25, 0.3) is 5.24 Å². The SMILES string of the molecule is Cc1nc(SC(=O)N2C(C)CCCC2C)ns1. The molecule has 2 unspecified atom stereocenters. The number of aromatic nitrogens is 2. The Morgan fingerprint density at radius 3 is 2.59 bits per heavy atom. The zero-order valence-corrected chi connectivity index (χ0v) is 12.0. The Morgan fingerprint density at radius 1 is 1.41 bits per heavy atom. The third-order valence-electron chi connectivity index (χ3n) is 3.09. The minimum Gasteiger partial charge on any atom is -0.328 e. The van der Waals surface area contributed by atoms with Crippen LogP contribution in [-0.2, 0) is 0 Å². The largest absolute Gasteiger partial charge is 0.328 e. The first kappa shape index (κ1) is 12.8. The molecule has 0 saturated carbocycles. The van der Waals surface area contributed by atoms with E-state index in [1.54, 1.807) is 0 Å². The molecule has 0 bridgehead atoms. The third kappa shape index (κ3) is 2.98. The fraction of sp³-hybridized carbons (Fsp3) is 0.727. The van der Waals surface area contributed by atoms with Gasteiger partial charge in [-0.15, -0.1) is 0 Å². The number of amides is 1. The molecule has 0 aliphatic carbocycles. The van der Waals surface area contributed by atoms with Crippen LogP contribution in [0.3, 0.4) is 0 Å². The van der Waals surface area contributed by atoms with Crippen molar-refractivity contribution < 1.29 is 4.79 Å². The number of nitrogens with zero attached hydrogens (tertiary/aromatic N) is 3. The topological polar surface area (TPSA) is 46.1 Å². The van der Waals surface area contributed by atoms with Gasteiger partial charge >= 0.3 is 0 Å². The number of thioether (sulfide) groups is 1. The molecule has 1 amide bonds. The van der Waals surface area contributed by atoms with Crippen LogP contribution >= 0.6 is 23.3 Å². The van der Waals surface area contributed by atoms with Gasteiger partial charge in [-0.2, -0.15) is 4.37 Å². The van der Waals surface area contributed by atoms with Gasteiger partial charge in [0.1, 0.15) is 5.01 Å². The van der Waals surface area contributed by atoms with Gasteiger partial charge in [-0.1, -0.05) is 0 Å². The van der Waals surface area contributed by atoms with E-state index in [0.29, 0.717) is 17.2 Å². The Labute approximate surface area is 110 Å². The van der Waals surface area contributed by atoms with Gasteiger partial charge in [0.05, 0.1) is 0 Å². The molecule has 1 fully saturated rings. The van der Waals surface area contributed by atoms with Crippen molar-refractivity contribution >= 4 is 28.5 Å². The second kappa shape index (κ2) is 5.35. The molecule has 2 heterocycles. The number of likely N-dealkylation sites (tertiary alicyclic amines) is 1. The lowest BCUT2D eigenvalue weighted by atomic mass is 9.99. The van der Waals surface area contributed by atoms with Crippen LogP contribution in [0.4, 0.5) is 4.79 Å². The first-order valence-electron chi connectivity index (χ1n) is 5.88. The Morgan fingerprint density at radius 2 is 2.06 bits per heavy atom. The summed E-state index contributed by atoms with van der Waals surface area (Å²) in [6, 6.07) is 0.664. The van der Waals surface area contributed by atoms with Gasteiger partial charge in [-0.3, -0.25) is 4.79 Å². The van der Waals surface area contributed by atoms with E-state index in [9.17, 15) is 4.79 Å². The predicted molar refractivity (Wildman–Crippen MR) is 70.5 cm³/mol. The molecule has 1 aliphatic heterocycles. The van der Waals surface area contributed by atoms with Crippen LogP contribution in [0, 0.1) is 6.92 Å². The fourth-order valence-corrected chi connectivity index (χ4v) is 3.74. The molecule has 94 valence electrons. The smallest absolute Gasteiger partial charge is 0.289 e. The zero-order valence-electron chi connectivity index (χ0n) is 10.3. The second-order valence-electron chi connectivity index (χ2n) is 4.50. The van der Waals surface area contributed by atoms with Crippen LogP contribution in [0.25, 0.3) is 0 Å². The van der Waals surface area contributed by atoms with E-state index < -0.39 is 0 Å². The maximum Gasteiger partial charge on any atom is 0.289 e. The lowest BCUT2D eigenvalue weighted by Gasteiger charge is -2.38. The highest BCUT2D eigenvalue weighted by Gasteiger charge is 2.30. The van der Waals surface area contributed by atoms with E-state index in [-0.39, 0.29) is 5.24 Å². The lowest BCUT2D eigenvalue weighted by molar-refractivity contribution is 0.143. The molecular weight excluding hydrogens is 254 g/mol. The molecular formula is C11H17N3OS2. The Bertz CT molecular complexity index is 397. The predicted octanol–water partition coefficient (Wildman–Crippen LogP) is 3.32. The van der Waals surface area contributed by atoms with Crippen LogP contribution in [0.2, 0.25) is 0 Å². The molecule has 0 aromatic carbocycles. The maximum atomic E-state index is 12.2. The summed E-state index contributed by atoms with van der Waals surface area (Å²) in [7, 11) is 0. The summed E-state index contributed by atoms with van der Waals surface area (Å²) < 4.78 is 4.15. The molecule has 2 atom stereocenters. The molecule has 0 radical (unpaired) electrons. The summed E-state index contributed by atoms with van der Waals surface area (Å²) in [6.45, 7) is 6.14. The maximum absolute atomic E-state index is 12.2. The highest BCUT2D eigenvalue weighted by atomic mass is 32.2. The molecule has 1 aliphatic rings. The van der Waals surface area contributed by atoms with Gasteiger partial charge in [0.2, 0.25) is 5.16 Å². The Balaban J connectivity index is 2.03. The monoisotopic (exact) mass is 271 g/mol. The average molecular weight is 271 g/mol. The van der Waals surface area contributed by atoms with Gasteiger partial charge < -0.3 is 4.90 Å². The molecule has 2 rings (SSSR count). The second-order valence-corrected chi connectivity index (χ2v) is 6.37. The highest BCUT2D eigenvalue weighted by molar-refractivity contribution is 8.13. The summed E-state index contributed by atoms with van der Waals surface area (Å²) >= 11 is 2.50. The van der Waals surface area contributed by atoms with Crippen molar-refractivity contribution in [2.24, 2.45) is 0 Å². The summed E-state index contributed by atoms with van der Waals surface area (Å²) in [5, 5.41) is 1.57. The van der Waals surface area contributed by atoms with Crippen molar-refractivity contribution in [2.75, 3.05) is 0 Å². The van der Waals surface area contributed by atoms with Gasteiger partial charge in [0, 0.05) is 23.8 Å². The first-order chi connectivity index (χ1) is 8.08. The lowest BCUT2D eigenvalue weighted by Crippen LogP contribution is -2.45. The molecule has 1 aromatic heterocycles. The van der Waals surface area contributed by atoms with E-state index in [4.69, 9.17) is 0 Å². The van der Waals surface area contributed by atoms with Crippen molar-refractivity contribution in [3.05, 3.63) is 5.01 Å². The number of carbonyl (C=O) groups excluding carboxylic acids is 1. The summed E-state index contributed by atoms with van der Waals surface area (Å²) in [5.74, 6) is 0. The van der Waals surface area contributed by atoms with E-state index >= 15 is 0 Å². The molecule has 1 saturated heterocycles. The van der Waals surface area contributed by atoms with Crippen LogP contribution in [-0.4, -0.2) is 31.6 Å². The first-order valence-corrected chi connectivity index (χ1v) is 7.47. The van der Waals surface area contributed by atoms with Crippen molar-refractivity contribution in [3.8, 4) is 0 Å². The number of hydrogen-bond donors (Lipinski definition) is 0. The minimum atomic E-state index is 0.0856. The summed E-state index contributed by atoms with van der Waals surface area (Å²) in [4.78, 5) is 18.4. The molecule has 4 nitrogen and oxygen atoms in total. The highest BCUT2D eigenvalue weighted by Crippen LogP contribution is 2.28. The molecule has 6 heteroatoms.